The van der Waals surface area contributed by atoms with E-state index in [2.05, 4.69) is 5.32 Å². The number of aliphatic hydroxyl groups is 1. The lowest BCUT2D eigenvalue weighted by atomic mass is 10.2. The van der Waals surface area contributed by atoms with Crippen LogP contribution in [0, 0.1) is 17.2 Å². The average molecular weight is 292 g/mol. The Bertz CT molecular complexity index is 454. The average Bonchev–Trinajstić information content (AvgIpc) is 2.47. The first-order valence-electron chi connectivity index (χ1n) is 6.64. The quantitative estimate of drug-likeness (QED) is 0.722. The molecule has 1 unspecified atom stereocenters. The lowest BCUT2D eigenvalue weighted by Gasteiger charge is -2.07. The molecule has 2 N–H and O–H groups in total. The zero-order chi connectivity index (χ0) is 14.8. The largest absolute Gasteiger partial charge is 0.396 e. The lowest BCUT2D eigenvalue weighted by Crippen LogP contribution is -2.11. The van der Waals surface area contributed by atoms with Crippen LogP contribution in [-0.4, -0.2) is 29.1 Å². The number of benzene rings is 1. The Morgan fingerprint density at radius 3 is 2.75 bits per heavy atom. The molecule has 5 heteroatoms. The van der Waals surface area contributed by atoms with Crippen LogP contribution in [0.5, 0.6) is 0 Å². The molecule has 0 saturated heterocycles. The van der Waals surface area contributed by atoms with Crippen molar-refractivity contribution < 1.29 is 9.90 Å². The van der Waals surface area contributed by atoms with E-state index in [1.165, 1.54) is 0 Å². The number of nitriles is 1. The fourth-order valence-corrected chi connectivity index (χ4v) is 2.55. The molecule has 0 aromatic heterocycles. The summed E-state index contributed by atoms with van der Waals surface area (Å²) in [6.45, 7) is 2.22. The number of carbonyl (C=O) groups excluding carboxylic acids is 1. The van der Waals surface area contributed by atoms with Gasteiger partial charge >= 0.3 is 0 Å². The minimum Gasteiger partial charge on any atom is -0.396 e. The van der Waals surface area contributed by atoms with Gasteiger partial charge in [-0.2, -0.15) is 17.0 Å². The number of hydrogen-bond acceptors (Lipinski definition) is 4. The van der Waals surface area contributed by atoms with Gasteiger partial charge in [0.15, 0.2) is 0 Å². The Hall–Kier alpha value is -1.51. The Morgan fingerprint density at radius 1 is 1.45 bits per heavy atom. The van der Waals surface area contributed by atoms with E-state index in [1.54, 1.807) is 36.0 Å². The molecule has 0 aliphatic heterocycles. The highest BCUT2D eigenvalue weighted by molar-refractivity contribution is 7.99. The Balaban J connectivity index is 2.18. The molecule has 4 nitrogen and oxygen atoms in total. The summed E-state index contributed by atoms with van der Waals surface area (Å²) in [5, 5.41) is 20.4. The maximum Gasteiger partial charge on any atom is 0.224 e. The van der Waals surface area contributed by atoms with Gasteiger partial charge in [0, 0.05) is 18.7 Å². The van der Waals surface area contributed by atoms with Crippen molar-refractivity contribution >= 4 is 23.4 Å². The van der Waals surface area contributed by atoms with Crippen molar-refractivity contribution in [3.05, 3.63) is 29.8 Å². The van der Waals surface area contributed by atoms with E-state index < -0.39 is 0 Å². The molecule has 1 aromatic rings. The summed E-state index contributed by atoms with van der Waals surface area (Å²) in [7, 11) is 0. The van der Waals surface area contributed by atoms with E-state index in [0.29, 0.717) is 17.9 Å². The number of carbonyl (C=O) groups is 1. The van der Waals surface area contributed by atoms with Crippen LogP contribution in [0.3, 0.4) is 0 Å². The van der Waals surface area contributed by atoms with E-state index in [4.69, 9.17) is 10.4 Å². The van der Waals surface area contributed by atoms with Crippen LogP contribution in [0.1, 0.15) is 25.3 Å². The van der Waals surface area contributed by atoms with Gasteiger partial charge in [0.2, 0.25) is 5.91 Å². The Labute approximate surface area is 124 Å². The molecular formula is C15H20N2O2S. The number of nitrogens with one attached hydrogen (secondary N) is 1. The summed E-state index contributed by atoms with van der Waals surface area (Å²) in [5.41, 5.74) is 1.30. The minimum absolute atomic E-state index is 0.00878. The van der Waals surface area contributed by atoms with Crippen molar-refractivity contribution in [3.63, 3.8) is 0 Å². The van der Waals surface area contributed by atoms with Gasteiger partial charge in [-0.3, -0.25) is 4.79 Å². The second-order valence-corrected chi connectivity index (χ2v) is 5.85. The van der Waals surface area contributed by atoms with Gasteiger partial charge < -0.3 is 10.4 Å². The summed E-state index contributed by atoms with van der Waals surface area (Å²) in [4.78, 5) is 11.7. The zero-order valence-corrected chi connectivity index (χ0v) is 12.4. The third kappa shape index (κ3) is 6.60. The molecule has 0 heterocycles. The van der Waals surface area contributed by atoms with Gasteiger partial charge in [0.1, 0.15) is 0 Å². The summed E-state index contributed by atoms with van der Waals surface area (Å²) >= 11 is 1.76. The first-order valence-corrected chi connectivity index (χ1v) is 7.79. The molecule has 20 heavy (non-hydrogen) atoms. The van der Waals surface area contributed by atoms with Crippen LogP contribution < -0.4 is 5.32 Å². The molecule has 0 aliphatic rings. The van der Waals surface area contributed by atoms with Crippen LogP contribution in [0.4, 0.5) is 5.69 Å². The summed E-state index contributed by atoms with van der Waals surface area (Å²) in [6.07, 6.45) is 1.31. The van der Waals surface area contributed by atoms with E-state index in [9.17, 15) is 4.79 Å². The molecule has 0 saturated carbocycles. The highest BCUT2D eigenvalue weighted by atomic mass is 32.2. The van der Waals surface area contributed by atoms with Crippen LogP contribution in [0.15, 0.2) is 24.3 Å². The highest BCUT2D eigenvalue weighted by Crippen LogP contribution is 2.12. The molecule has 1 rings (SSSR count). The maximum atomic E-state index is 11.7. The van der Waals surface area contributed by atoms with E-state index >= 15 is 0 Å². The second kappa shape index (κ2) is 9.40. The third-order valence-electron chi connectivity index (χ3n) is 2.70. The topological polar surface area (TPSA) is 73.1 Å². The monoisotopic (exact) mass is 292 g/mol. The first-order chi connectivity index (χ1) is 9.65. The standard InChI is InChI=1S/C15H20N2O2S/c1-12(10-18)11-20-8-2-3-15(19)17-14-6-4-13(9-16)5-7-14/h4-7,12,18H,2-3,8,10-11H2,1H3,(H,17,19). The summed E-state index contributed by atoms with van der Waals surface area (Å²) < 4.78 is 0. The molecule has 1 aromatic carbocycles. The van der Waals surface area contributed by atoms with Gasteiger partial charge in [-0.25, -0.2) is 0 Å². The second-order valence-electron chi connectivity index (χ2n) is 4.70. The predicted octanol–water partition coefficient (Wildman–Crippen LogP) is 2.64. The van der Waals surface area contributed by atoms with Crippen molar-refractivity contribution in [3.8, 4) is 6.07 Å². The number of nitrogens with zero attached hydrogens (tertiary/aromatic N) is 1. The normalized spacial score (nSPS) is 11.7. The molecule has 0 fully saturated rings. The molecule has 1 amide bonds. The number of thioether (sulfide) groups is 1. The van der Waals surface area contributed by atoms with Crippen LogP contribution >= 0.6 is 11.8 Å². The van der Waals surface area contributed by atoms with E-state index in [-0.39, 0.29) is 12.5 Å². The van der Waals surface area contributed by atoms with Crippen molar-refractivity contribution in [2.24, 2.45) is 5.92 Å². The highest BCUT2D eigenvalue weighted by Gasteiger charge is 2.04. The predicted molar refractivity (Wildman–Crippen MR) is 82.6 cm³/mol. The Morgan fingerprint density at radius 2 is 2.15 bits per heavy atom. The van der Waals surface area contributed by atoms with Gasteiger partial charge in [-0.15, -0.1) is 0 Å². The molecule has 0 bridgehead atoms. The number of hydrogen-bond donors (Lipinski definition) is 2. The molecular weight excluding hydrogens is 272 g/mol. The smallest absolute Gasteiger partial charge is 0.224 e. The SMILES string of the molecule is CC(CO)CSCCCC(=O)Nc1ccc(C#N)cc1. The minimum atomic E-state index is -0.00878. The number of amides is 1. The lowest BCUT2D eigenvalue weighted by molar-refractivity contribution is -0.116. The van der Waals surface area contributed by atoms with Crippen LogP contribution in [-0.2, 0) is 4.79 Å². The van der Waals surface area contributed by atoms with Crippen molar-refractivity contribution in [1.29, 1.82) is 5.26 Å². The number of aliphatic hydroxyl groups excluding tert-OH is 1. The molecule has 0 aliphatic carbocycles. The van der Waals surface area contributed by atoms with Crippen molar-refractivity contribution in [2.75, 3.05) is 23.4 Å². The van der Waals surface area contributed by atoms with Gasteiger partial charge in [-0.1, -0.05) is 6.92 Å². The summed E-state index contributed by atoms with van der Waals surface area (Å²) in [6, 6.07) is 8.86. The number of anilines is 1. The van der Waals surface area contributed by atoms with Gasteiger partial charge in [-0.05, 0) is 48.1 Å². The van der Waals surface area contributed by atoms with E-state index in [0.717, 1.165) is 23.6 Å². The summed E-state index contributed by atoms with van der Waals surface area (Å²) in [5.74, 6) is 2.15. The molecule has 108 valence electrons. The van der Waals surface area contributed by atoms with Crippen molar-refractivity contribution in [1.82, 2.24) is 0 Å². The van der Waals surface area contributed by atoms with Gasteiger partial charge in [0.25, 0.3) is 0 Å². The third-order valence-corrected chi connectivity index (χ3v) is 4.09. The van der Waals surface area contributed by atoms with Crippen LogP contribution in [0.25, 0.3) is 0 Å². The van der Waals surface area contributed by atoms with E-state index in [1.807, 2.05) is 13.0 Å². The first kappa shape index (κ1) is 16.5. The zero-order valence-electron chi connectivity index (χ0n) is 11.6. The fourth-order valence-electron chi connectivity index (χ4n) is 1.52. The molecule has 0 spiro atoms. The molecule has 1 atom stereocenters. The fraction of sp³-hybridized carbons (Fsp3) is 0.467. The number of rotatable bonds is 8. The van der Waals surface area contributed by atoms with Crippen molar-refractivity contribution in [2.45, 2.75) is 19.8 Å². The van der Waals surface area contributed by atoms with Crippen LogP contribution in [0.2, 0.25) is 0 Å². The Kier molecular flexibility index (Phi) is 7.78. The maximum absolute atomic E-state index is 11.7. The van der Waals surface area contributed by atoms with Gasteiger partial charge in [0.05, 0.1) is 11.6 Å². The molecule has 0 radical (unpaired) electrons.